The second kappa shape index (κ2) is 16.1. The van der Waals surface area contributed by atoms with Gasteiger partial charge in [-0.1, -0.05) is 6.42 Å². The Bertz CT molecular complexity index is 866. The Morgan fingerprint density at radius 2 is 1.50 bits per heavy atom. The minimum Gasteiger partial charge on any atom is -0.480 e. The highest BCUT2D eigenvalue weighted by atomic mass is 16.4. The molecular weight excluding hydrogens is 480 g/mol. The molecule has 0 aliphatic rings. The first-order valence-electron chi connectivity index (χ1n) is 11.2. The van der Waals surface area contributed by atoms with Gasteiger partial charge in [0.05, 0.1) is 25.6 Å². The number of nitrogens with zero attached hydrogens (tertiary/aromatic N) is 1. The van der Waals surface area contributed by atoms with E-state index >= 15 is 0 Å². The number of carbonyl (C=O) groups excluding carboxylic acids is 4. The van der Waals surface area contributed by atoms with Gasteiger partial charge in [0.15, 0.2) is 0 Å². The Morgan fingerprint density at radius 3 is 2.03 bits per heavy atom. The van der Waals surface area contributed by atoms with Crippen LogP contribution in [0.25, 0.3) is 0 Å². The molecule has 4 atom stereocenters. The van der Waals surface area contributed by atoms with E-state index in [9.17, 15) is 34.2 Å². The Hall–Kier alpha value is -3.60. The molecule has 16 heteroatoms. The number of aliphatic hydroxyl groups excluding tert-OH is 2. The Kier molecular flexibility index (Phi) is 13.6. The highest BCUT2D eigenvalue weighted by Gasteiger charge is 2.30. The topological polar surface area (TPSA) is 275 Å². The summed E-state index contributed by atoms with van der Waals surface area (Å²) in [5, 5.41) is 36.5. The zero-order valence-electron chi connectivity index (χ0n) is 19.6. The van der Waals surface area contributed by atoms with Crippen LogP contribution in [0.1, 0.15) is 25.0 Å². The number of nitrogens with one attached hydrogen (secondary N) is 5. The summed E-state index contributed by atoms with van der Waals surface area (Å²) in [6, 6.07) is -5.19. The molecule has 16 nitrogen and oxygen atoms in total. The quantitative estimate of drug-likeness (QED) is 0.0879. The number of carbonyl (C=O) groups is 5. The molecule has 1 heterocycles. The van der Waals surface area contributed by atoms with Gasteiger partial charge in [-0.25, -0.2) is 4.98 Å². The second-order valence-corrected chi connectivity index (χ2v) is 7.83. The van der Waals surface area contributed by atoms with Gasteiger partial charge in [0.25, 0.3) is 0 Å². The lowest BCUT2D eigenvalue weighted by Gasteiger charge is -2.24. The van der Waals surface area contributed by atoms with Crippen molar-refractivity contribution in [3.05, 3.63) is 18.2 Å². The summed E-state index contributed by atoms with van der Waals surface area (Å²) in [6.07, 6.45) is 4.40. The number of imidazole rings is 1. The van der Waals surface area contributed by atoms with E-state index in [2.05, 4.69) is 25.9 Å². The Morgan fingerprint density at radius 1 is 0.917 bits per heavy atom. The third kappa shape index (κ3) is 10.8. The highest BCUT2D eigenvalue weighted by molar-refractivity contribution is 5.95. The fourth-order valence-corrected chi connectivity index (χ4v) is 2.96. The largest absolute Gasteiger partial charge is 0.480 e. The molecule has 36 heavy (non-hydrogen) atoms. The molecule has 202 valence electrons. The first kappa shape index (κ1) is 30.4. The minimum absolute atomic E-state index is 0.0380. The summed E-state index contributed by atoms with van der Waals surface area (Å²) in [5.74, 6) is -4.79. The second-order valence-electron chi connectivity index (χ2n) is 7.83. The van der Waals surface area contributed by atoms with E-state index in [4.69, 9.17) is 16.6 Å². The highest BCUT2D eigenvalue weighted by Crippen LogP contribution is 2.03. The van der Waals surface area contributed by atoms with Gasteiger partial charge in [-0.2, -0.15) is 0 Å². The number of carboxylic acid groups (broad SMARTS) is 1. The van der Waals surface area contributed by atoms with E-state index in [1.54, 1.807) is 0 Å². The van der Waals surface area contributed by atoms with Gasteiger partial charge in [-0.15, -0.1) is 0 Å². The summed E-state index contributed by atoms with van der Waals surface area (Å²) in [7, 11) is 0. The van der Waals surface area contributed by atoms with Gasteiger partial charge in [-0.3, -0.25) is 24.0 Å². The average molecular weight is 515 g/mol. The molecule has 0 aliphatic carbocycles. The summed E-state index contributed by atoms with van der Waals surface area (Å²) < 4.78 is 0. The van der Waals surface area contributed by atoms with Gasteiger partial charge in [0.2, 0.25) is 23.6 Å². The lowest BCUT2D eigenvalue weighted by Crippen LogP contribution is -2.59. The Balaban J connectivity index is 2.86. The van der Waals surface area contributed by atoms with Gasteiger partial charge in [0, 0.05) is 18.3 Å². The number of aromatic nitrogens is 2. The SMILES string of the molecule is NCCCC[C@H](N)C(=O)N[C@@H](Cc1cnc[nH]1)C(=O)N[C@@H](CO)C(=O)N[C@@H](CO)C(=O)NCC(=O)O. The zero-order valence-corrected chi connectivity index (χ0v) is 19.6. The zero-order chi connectivity index (χ0) is 27.1. The molecule has 0 spiro atoms. The van der Waals surface area contributed by atoms with Crippen LogP contribution in [0, 0.1) is 0 Å². The third-order valence-electron chi connectivity index (χ3n) is 4.96. The van der Waals surface area contributed by atoms with Crippen LogP contribution in [0.2, 0.25) is 0 Å². The summed E-state index contributed by atoms with van der Waals surface area (Å²) >= 11 is 0. The number of nitrogens with two attached hydrogens (primary N) is 2. The molecule has 0 bridgehead atoms. The molecule has 12 N–H and O–H groups in total. The van der Waals surface area contributed by atoms with Crippen molar-refractivity contribution in [1.82, 2.24) is 31.2 Å². The van der Waals surface area contributed by atoms with E-state index in [0.29, 0.717) is 31.5 Å². The number of aliphatic hydroxyl groups is 2. The predicted molar refractivity (Wildman–Crippen MR) is 124 cm³/mol. The number of H-pyrrole nitrogens is 1. The third-order valence-corrected chi connectivity index (χ3v) is 4.96. The number of hydrogen-bond acceptors (Lipinski definition) is 10. The monoisotopic (exact) mass is 514 g/mol. The molecule has 1 rings (SSSR count). The first-order chi connectivity index (χ1) is 17.1. The molecule has 1 aromatic rings. The van der Waals surface area contributed by atoms with Crippen LogP contribution < -0.4 is 32.7 Å². The van der Waals surface area contributed by atoms with Crippen LogP contribution in [-0.2, 0) is 30.4 Å². The lowest BCUT2D eigenvalue weighted by molar-refractivity contribution is -0.139. The molecule has 1 aromatic heterocycles. The van der Waals surface area contributed by atoms with Crippen molar-refractivity contribution in [1.29, 1.82) is 0 Å². The van der Waals surface area contributed by atoms with Crippen LogP contribution >= 0.6 is 0 Å². The van der Waals surface area contributed by atoms with Crippen molar-refractivity contribution in [2.45, 2.75) is 49.9 Å². The average Bonchev–Trinajstić information content (AvgIpc) is 3.36. The van der Waals surface area contributed by atoms with Gasteiger partial charge < -0.3 is 53.0 Å². The summed E-state index contributed by atoms with van der Waals surface area (Å²) in [5.41, 5.74) is 11.8. The normalized spacial score (nSPS) is 14.1. The maximum atomic E-state index is 12.9. The number of aromatic amines is 1. The van der Waals surface area contributed by atoms with Crippen molar-refractivity contribution < 1.29 is 39.3 Å². The molecule has 0 aromatic carbocycles. The van der Waals surface area contributed by atoms with Crippen LogP contribution in [0.5, 0.6) is 0 Å². The van der Waals surface area contributed by atoms with Crippen LogP contribution in [0.15, 0.2) is 12.5 Å². The molecule has 0 radical (unpaired) electrons. The van der Waals surface area contributed by atoms with E-state index in [1.807, 2.05) is 5.32 Å². The number of carboxylic acids is 1. The lowest BCUT2D eigenvalue weighted by atomic mass is 10.1. The number of rotatable bonds is 17. The van der Waals surface area contributed by atoms with Crippen molar-refractivity contribution in [2.75, 3.05) is 26.3 Å². The molecule has 0 saturated carbocycles. The van der Waals surface area contributed by atoms with Crippen molar-refractivity contribution >= 4 is 29.6 Å². The van der Waals surface area contributed by atoms with Crippen LogP contribution in [0.3, 0.4) is 0 Å². The molecule has 4 amide bonds. The van der Waals surface area contributed by atoms with Gasteiger partial charge in [-0.05, 0) is 19.4 Å². The van der Waals surface area contributed by atoms with Crippen LogP contribution in [0.4, 0.5) is 0 Å². The van der Waals surface area contributed by atoms with Crippen molar-refractivity contribution in [2.24, 2.45) is 11.5 Å². The molecule has 0 saturated heterocycles. The summed E-state index contributed by atoms with van der Waals surface area (Å²) in [6.45, 7) is -2.05. The van der Waals surface area contributed by atoms with Crippen molar-refractivity contribution in [3.8, 4) is 0 Å². The number of unbranched alkanes of at least 4 members (excludes halogenated alkanes) is 1. The first-order valence-corrected chi connectivity index (χ1v) is 11.2. The maximum absolute atomic E-state index is 12.9. The number of hydrogen-bond donors (Lipinski definition) is 10. The smallest absolute Gasteiger partial charge is 0.322 e. The standard InChI is InChI=1S/C20H34N8O8/c21-4-2-1-3-12(22)17(33)26-13(5-11-6-23-10-25-11)19(35)28-15(9-30)20(36)27-14(8-29)18(34)24-7-16(31)32/h6,10,12-15,29-30H,1-5,7-9,21-22H2,(H,23,25)(H,24,34)(H,26,33)(H,27,36)(H,28,35)(H,31,32)/t12-,13-,14-,15-/m0/s1. The molecule has 0 fully saturated rings. The summed E-state index contributed by atoms with van der Waals surface area (Å²) in [4.78, 5) is 67.1. The van der Waals surface area contributed by atoms with E-state index in [0.717, 1.165) is 0 Å². The van der Waals surface area contributed by atoms with Gasteiger partial charge in [0.1, 0.15) is 24.7 Å². The van der Waals surface area contributed by atoms with Crippen molar-refractivity contribution in [3.63, 3.8) is 0 Å². The number of aliphatic carboxylic acids is 1. The predicted octanol–water partition coefficient (Wildman–Crippen LogP) is -4.95. The molecule has 0 aliphatic heterocycles. The van der Waals surface area contributed by atoms with Crippen LogP contribution in [-0.4, -0.2) is 105 Å². The fraction of sp³-hybridized carbons (Fsp3) is 0.600. The minimum atomic E-state index is -1.56. The molecule has 0 unspecified atom stereocenters. The fourth-order valence-electron chi connectivity index (χ4n) is 2.96. The van der Waals surface area contributed by atoms with E-state index in [1.165, 1.54) is 12.5 Å². The Labute approximate surface area is 206 Å². The maximum Gasteiger partial charge on any atom is 0.322 e. The number of amides is 4. The molecular formula is C20H34N8O8. The van der Waals surface area contributed by atoms with E-state index < -0.39 is 73.5 Å². The van der Waals surface area contributed by atoms with E-state index in [-0.39, 0.29) is 6.42 Å². The van der Waals surface area contributed by atoms with Gasteiger partial charge >= 0.3 is 5.97 Å².